The van der Waals surface area contributed by atoms with E-state index in [1.54, 1.807) is 0 Å². The van der Waals surface area contributed by atoms with Gasteiger partial charge in [0.05, 0.1) is 5.56 Å². The van der Waals surface area contributed by atoms with Crippen LogP contribution in [0.5, 0.6) is 0 Å². The molecule has 128 valence electrons. The molecular weight excluding hydrogens is 332 g/mol. The maximum absolute atomic E-state index is 12.6. The van der Waals surface area contributed by atoms with Gasteiger partial charge in [-0.25, -0.2) is 4.79 Å². The lowest BCUT2D eigenvalue weighted by molar-refractivity contribution is -0.188. The van der Waals surface area contributed by atoms with Gasteiger partial charge in [-0.15, -0.1) is 0 Å². The van der Waals surface area contributed by atoms with Crippen LogP contribution in [0.25, 0.3) is 0 Å². The molecule has 1 atom stereocenters. The van der Waals surface area contributed by atoms with E-state index in [2.05, 4.69) is 0 Å². The van der Waals surface area contributed by atoms with E-state index in [0.717, 1.165) is 18.2 Å². The highest BCUT2D eigenvalue weighted by Crippen LogP contribution is 2.30. The van der Waals surface area contributed by atoms with E-state index in [9.17, 15) is 35.9 Å². The molecule has 1 aromatic carbocycles. The average molecular weight is 343 g/mol. The van der Waals surface area contributed by atoms with E-state index < -0.39 is 42.3 Å². The van der Waals surface area contributed by atoms with E-state index >= 15 is 0 Å². The molecule has 0 aliphatic heterocycles. The van der Waals surface area contributed by atoms with Crippen LogP contribution in [0.2, 0.25) is 0 Å². The predicted molar refractivity (Wildman–Crippen MR) is 65.4 cm³/mol. The normalized spacial score (nSPS) is 13.5. The first-order valence-corrected chi connectivity index (χ1v) is 6.07. The van der Waals surface area contributed by atoms with Gasteiger partial charge in [0, 0.05) is 13.5 Å². The molecule has 1 aromatic rings. The zero-order chi connectivity index (χ0) is 18.0. The van der Waals surface area contributed by atoms with Crippen molar-refractivity contribution < 1.29 is 41.0 Å². The van der Waals surface area contributed by atoms with E-state index in [1.807, 2.05) is 0 Å². The molecule has 0 radical (unpaired) electrons. The maximum Gasteiger partial charge on any atom is 0.471 e. The lowest BCUT2D eigenvalue weighted by Crippen LogP contribution is -2.49. The van der Waals surface area contributed by atoms with E-state index in [1.165, 1.54) is 0 Å². The maximum atomic E-state index is 12.6. The molecule has 0 heterocycles. The third-order valence-corrected chi connectivity index (χ3v) is 3.00. The van der Waals surface area contributed by atoms with Crippen molar-refractivity contribution in [3.8, 4) is 0 Å². The Kier molecular flexibility index (Phi) is 5.28. The Balaban J connectivity index is 3.06. The smallest absolute Gasteiger partial charge is 0.471 e. The second-order valence-electron chi connectivity index (χ2n) is 4.67. The number of rotatable bonds is 4. The molecule has 0 aromatic heterocycles. The van der Waals surface area contributed by atoms with Crippen LogP contribution in [0.1, 0.15) is 11.1 Å². The number of alkyl halides is 6. The molecule has 0 bridgehead atoms. The summed E-state index contributed by atoms with van der Waals surface area (Å²) in [5.41, 5.74) is -1.22. The molecule has 4 nitrogen and oxygen atoms in total. The number of carboxylic acids is 1. The molecule has 1 rings (SSSR count). The van der Waals surface area contributed by atoms with Crippen LogP contribution in [0, 0.1) is 0 Å². The molecule has 0 fully saturated rings. The highest BCUT2D eigenvalue weighted by molar-refractivity contribution is 5.87. The first-order valence-electron chi connectivity index (χ1n) is 6.07. The van der Waals surface area contributed by atoms with Gasteiger partial charge >= 0.3 is 24.2 Å². The van der Waals surface area contributed by atoms with E-state index in [-0.39, 0.29) is 10.5 Å². The first-order chi connectivity index (χ1) is 10.3. The number of hydrogen-bond donors (Lipinski definition) is 1. The van der Waals surface area contributed by atoms with Gasteiger partial charge in [0.25, 0.3) is 0 Å². The van der Waals surface area contributed by atoms with Crippen LogP contribution in [-0.2, 0) is 22.2 Å². The van der Waals surface area contributed by atoms with Crippen molar-refractivity contribution in [1.82, 2.24) is 4.90 Å². The Morgan fingerprint density at radius 1 is 1.17 bits per heavy atom. The number of halogens is 6. The fourth-order valence-corrected chi connectivity index (χ4v) is 1.83. The number of carbonyl (C=O) groups excluding carboxylic acids is 1. The summed E-state index contributed by atoms with van der Waals surface area (Å²) >= 11 is 0. The lowest BCUT2D eigenvalue weighted by Gasteiger charge is -2.25. The summed E-state index contributed by atoms with van der Waals surface area (Å²) in [6.45, 7) is 0. The van der Waals surface area contributed by atoms with Crippen molar-refractivity contribution >= 4 is 11.9 Å². The fraction of sp³-hybridized carbons (Fsp3) is 0.385. The van der Waals surface area contributed by atoms with Crippen molar-refractivity contribution in [2.75, 3.05) is 7.05 Å². The number of aliphatic carboxylic acids is 1. The number of likely N-dealkylation sites (N-methyl/N-ethyl adjacent to an activating group) is 1. The Bertz CT molecular complexity index is 596. The minimum Gasteiger partial charge on any atom is -0.480 e. The standard InChI is InChI=1S/C13H11F6NO3/c1-20(11(23)13(17,18)19)9(10(21)22)6-7-3-2-4-8(5-7)12(14,15)16/h2-5,9H,6H2,1H3,(H,21,22)/t9-/m0/s1. The fourth-order valence-electron chi connectivity index (χ4n) is 1.83. The van der Waals surface area contributed by atoms with Gasteiger partial charge in [0.15, 0.2) is 0 Å². The van der Waals surface area contributed by atoms with Gasteiger partial charge in [0.1, 0.15) is 6.04 Å². The Morgan fingerprint density at radius 3 is 2.17 bits per heavy atom. The van der Waals surface area contributed by atoms with Gasteiger partial charge in [-0.1, -0.05) is 18.2 Å². The predicted octanol–water partition coefficient (Wildman–Crippen LogP) is 2.72. The number of hydrogen-bond acceptors (Lipinski definition) is 2. The monoisotopic (exact) mass is 343 g/mol. The second kappa shape index (κ2) is 6.47. The summed E-state index contributed by atoms with van der Waals surface area (Å²) in [5.74, 6) is -4.15. The highest BCUT2D eigenvalue weighted by Gasteiger charge is 2.44. The molecule has 0 saturated carbocycles. The quantitative estimate of drug-likeness (QED) is 0.856. The third kappa shape index (κ3) is 4.86. The van der Waals surface area contributed by atoms with Crippen LogP contribution in [-0.4, -0.2) is 41.1 Å². The second-order valence-corrected chi connectivity index (χ2v) is 4.67. The van der Waals surface area contributed by atoms with Gasteiger partial charge in [0.2, 0.25) is 0 Å². The van der Waals surface area contributed by atoms with Crippen molar-refractivity contribution in [3.05, 3.63) is 35.4 Å². The first kappa shape index (κ1) is 18.8. The van der Waals surface area contributed by atoms with Crippen LogP contribution in [0.3, 0.4) is 0 Å². The van der Waals surface area contributed by atoms with Crippen LogP contribution in [0.4, 0.5) is 26.3 Å². The topological polar surface area (TPSA) is 57.6 Å². The third-order valence-electron chi connectivity index (χ3n) is 3.00. The molecule has 0 aliphatic rings. The highest BCUT2D eigenvalue weighted by atomic mass is 19.4. The molecule has 23 heavy (non-hydrogen) atoms. The van der Waals surface area contributed by atoms with Gasteiger partial charge in [-0.3, -0.25) is 4.79 Å². The summed E-state index contributed by atoms with van der Waals surface area (Å²) in [5, 5.41) is 8.97. The van der Waals surface area contributed by atoms with Crippen molar-refractivity contribution in [3.63, 3.8) is 0 Å². The van der Waals surface area contributed by atoms with Crippen molar-refractivity contribution in [2.24, 2.45) is 0 Å². The molecular formula is C13H11F6NO3. The lowest BCUT2D eigenvalue weighted by atomic mass is 10.0. The van der Waals surface area contributed by atoms with E-state index in [4.69, 9.17) is 5.11 Å². The Labute approximate surface area is 126 Å². The number of benzene rings is 1. The van der Waals surface area contributed by atoms with E-state index in [0.29, 0.717) is 13.1 Å². The number of amides is 1. The molecule has 1 amide bonds. The zero-order valence-corrected chi connectivity index (χ0v) is 11.6. The minimum atomic E-state index is -5.28. The van der Waals surface area contributed by atoms with Crippen molar-refractivity contribution in [2.45, 2.75) is 24.8 Å². The van der Waals surface area contributed by atoms with Crippen molar-refractivity contribution in [1.29, 1.82) is 0 Å². The van der Waals surface area contributed by atoms with Crippen LogP contribution < -0.4 is 0 Å². The number of carbonyl (C=O) groups is 2. The number of nitrogens with zero attached hydrogens (tertiary/aromatic N) is 1. The molecule has 0 spiro atoms. The summed E-state index contributed by atoms with van der Waals surface area (Å²) < 4.78 is 74.8. The van der Waals surface area contributed by atoms with Crippen LogP contribution >= 0.6 is 0 Å². The zero-order valence-electron chi connectivity index (χ0n) is 11.6. The number of carboxylic acid groups (broad SMARTS) is 1. The molecule has 0 aliphatic carbocycles. The summed E-state index contributed by atoms with van der Waals surface area (Å²) in [6, 6.07) is 1.55. The van der Waals surface area contributed by atoms with Crippen LogP contribution in [0.15, 0.2) is 24.3 Å². The molecule has 0 unspecified atom stereocenters. The van der Waals surface area contributed by atoms with Gasteiger partial charge < -0.3 is 10.0 Å². The molecule has 1 N–H and O–H groups in total. The molecule has 0 saturated heterocycles. The largest absolute Gasteiger partial charge is 0.480 e. The Hall–Kier alpha value is -2.26. The average Bonchev–Trinajstić information content (AvgIpc) is 2.41. The minimum absolute atomic E-state index is 0.0530. The summed E-state index contributed by atoms with van der Waals surface area (Å²) in [4.78, 5) is 22.1. The summed E-state index contributed by atoms with van der Waals surface area (Å²) in [7, 11) is 0.627. The summed E-state index contributed by atoms with van der Waals surface area (Å²) in [6.07, 6.45) is -10.7. The van der Waals surface area contributed by atoms with Gasteiger partial charge in [-0.05, 0) is 11.6 Å². The SMILES string of the molecule is CN(C(=O)C(F)(F)F)[C@@H](Cc1cccc(C(F)(F)F)c1)C(=O)O. The Morgan fingerprint density at radius 2 is 1.74 bits per heavy atom. The molecule has 10 heteroatoms. The van der Waals surface area contributed by atoms with Gasteiger partial charge in [-0.2, -0.15) is 26.3 Å².